The van der Waals surface area contributed by atoms with E-state index in [2.05, 4.69) is 4.99 Å². The van der Waals surface area contributed by atoms with Gasteiger partial charge in [0.15, 0.2) is 4.80 Å². The summed E-state index contributed by atoms with van der Waals surface area (Å²) < 4.78 is 57.8. The van der Waals surface area contributed by atoms with Crippen LogP contribution in [0.3, 0.4) is 0 Å². The maximum absolute atomic E-state index is 13.8. The van der Waals surface area contributed by atoms with E-state index in [4.69, 9.17) is 13.9 Å². The van der Waals surface area contributed by atoms with E-state index in [1.807, 2.05) is 0 Å². The monoisotopic (exact) mass is 582 g/mol. The Labute approximate surface area is 236 Å². The third kappa shape index (κ3) is 5.62. The lowest BCUT2D eigenvalue weighted by molar-refractivity contribution is -0.143. The van der Waals surface area contributed by atoms with E-state index in [0.717, 1.165) is 23.5 Å². The number of ether oxygens (including phenoxy) is 2. The molecule has 2 aromatic carbocycles. The molecule has 4 aromatic rings. The van der Waals surface area contributed by atoms with Crippen LogP contribution in [0.4, 0.5) is 13.2 Å². The van der Waals surface area contributed by atoms with Crippen molar-refractivity contribution in [3.05, 3.63) is 109 Å². The van der Waals surface area contributed by atoms with E-state index in [-0.39, 0.29) is 33.3 Å². The normalized spacial score (nSPS) is 15.6. The first-order valence-electron chi connectivity index (χ1n) is 12.6. The van der Waals surface area contributed by atoms with Crippen molar-refractivity contribution in [1.29, 1.82) is 0 Å². The van der Waals surface area contributed by atoms with Crippen molar-refractivity contribution < 1.29 is 31.9 Å². The highest BCUT2D eigenvalue weighted by molar-refractivity contribution is 7.07. The standard InChI is InChI=1S/C30H25F3N2O5S/c1-16(2)39-28(37)25-17(3)34-29-35(26(25)18-8-10-21(38-4)11-9-18)27(36)24(41-29)15-22-12-13-23(40-22)19-6-5-7-20(14-19)30(31,32)33/h5-16,26H,1-4H3/b24-15-. The molecule has 3 heterocycles. The summed E-state index contributed by atoms with van der Waals surface area (Å²) in [6, 6.07) is 14.2. The fourth-order valence-electron chi connectivity index (χ4n) is 4.53. The number of hydrogen-bond acceptors (Lipinski definition) is 7. The number of furan rings is 1. The summed E-state index contributed by atoms with van der Waals surface area (Å²) in [6.07, 6.45) is -3.36. The number of halogens is 3. The molecule has 5 rings (SSSR count). The molecule has 11 heteroatoms. The molecule has 1 unspecified atom stereocenters. The van der Waals surface area contributed by atoms with Gasteiger partial charge in [-0.3, -0.25) is 9.36 Å². The molecule has 1 aliphatic heterocycles. The number of carbonyl (C=O) groups excluding carboxylic acids is 1. The van der Waals surface area contributed by atoms with Crippen LogP contribution in [0, 0.1) is 0 Å². The van der Waals surface area contributed by atoms with Gasteiger partial charge in [0.1, 0.15) is 17.3 Å². The molecule has 7 nitrogen and oxygen atoms in total. The number of carbonyl (C=O) groups is 1. The minimum atomic E-state index is -4.49. The summed E-state index contributed by atoms with van der Waals surface area (Å²) in [7, 11) is 1.54. The zero-order valence-corrected chi connectivity index (χ0v) is 23.3. The number of alkyl halides is 3. The number of fused-ring (bicyclic) bond motifs is 1. The zero-order valence-electron chi connectivity index (χ0n) is 22.5. The number of esters is 1. The Balaban J connectivity index is 1.60. The van der Waals surface area contributed by atoms with Crippen molar-refractivity contribution in [3.63, 3.8) is 0 Å². The lowest BCUT2D eigenvalue weighted by atomic mass is 9.96. The van der Waals surface area contributed by atoms with Crippen molar-refractivity contribution in [2.75, 3.05) is 7.11 Å². The van der Waals surface area contributed by atoms with Gasteiger partial charge in [-0.15, -0.1) is 0 Å². The molecule has 0 N–H and O–H groups in total. The molecule has 0 saturated carbocycles. The predicted molar refractivity (Wildman–Crippen MR) is 147 cm³/mol. The number of allylic oxidation sites excluding steroid dienone is 1. The molecule has 0 radical (unpaired) electrons. The van der Waals surface area contributed by atoms with Crippen LogP contribution in [0.2, 0.25) is 0 Å². The number of hydrogen-bond donors (Lipinski definition) is 0. The Kier molecular flexibility index (Phi) is 7.48. The molecule has 2 aromatic heterocycles. The Morgan fingerprint density at radius 2 is 1.85 bits per heavy atom. The zero-order chi connectivity index (χ0) is 29.5. The summed E-state index contributed by atoms with van der Waals surface area (Å²) >= 11 is 1.11. The average molecular weight is 583 g/mol. The molecule has 212 valence electrons. The molecule has 0 saturated heterocycles. The molecule has 0 aliphatic carbocycles. The van der Waals surface area contributed by atoms with Crippen molar-refractivity contribution in [3.8, 4) is 17.1 Å². The van der Waals surface area contributed by atoms with Crippen molar-refractivity contribution in [2.45, 2.75) is 39.1 Å². The van der Waals surface area contributed by atoms with Gasteiger partial charge in [0, 0.05) is 11.6 Å². The second-order valence-electron chi connectivity index (χ2n) is 9.59. The van der Waals surface area contributed by atoms with Gasteiger partial charge in [-0.1, -0.05) is 35.6 Å². The first kappa shape index (κ1) is 28.2. The Bertz CT molecular complexity index is 1830. The van der Waals surface area contributed by atoms with E-state index in [1.54, 1.807) is 64.3 Å². The van der Waals surface area contributed by atoms with Crippen molar-refractivity contribution in [1.82, 2.24) is 4.57 Å². The van der Waals surface area contributed by atoms with Crippen LogP contribution >= 0.6 is 11.3 Å². The van der Waals surface area contributed by atoms with Crippen molar-refractivity contribution in [2.24, 2.45) is 4.99 Å². The van der Waals surface area contributed by atoms with E-state index >= 15 is 0 Å². The lowest BCUT2D eigenvalue weighted by Gasteiger charge is -2.25. The molecule has 0 spiro atoms. The van der Waals surface area contributed by atoms with Crippen LogP contribution in [0.15, 0.2) is 86.1 Å². The van der Waals surface area contributed by atoms with Gasteiger partial charge in [0.2, 0.25) is 0 Å². The highest BCUT2D eigenvalue weighted by Gasteiger charge is 2.34. The number of thiazole rings is 1. The molecule has 1 atom stereocenters. The quantitative estimate of drug-likeness (QED) is 0.282. The van der Waals surface area contributed by atoms with Crippen LogP contribution < -0.4 is 19.6 Å². The summed E-state index contributed by atoms with van der Waals surface area (Å²) in [4.78, 5) is 31.9. The molecule has 41 heavy (non-hydrogen) atoms. The van der Waals surface area contributed by atoms with Crippen LogP contribution in [0.25, 0.3) is 17.4 Å². The number of methoxy groups -OCH3 is 1. The van der Waals surface area contributed by atoms with Gasteiger partial charge >= 0.3 is 12.1 Å². The second kappa shape index (κ2) is 10.9. The molecule has 1 aliphatic rings. The van der Waals surface area contributed by atoms with Crippen molar-refractivity contribution >= 4 is 23.4 Å². The van der Waals surface area contributed by atoms with Crippen LogP contribution in [-0.4, -0.2) is 23.8 Å². The van der Waals surface area contributed by atoms with E-state index in [0.29, 0.717) is 21.8 Å². The van der Waals surface area contributed by atoms with Gasteiger partial charge in [-0.2, -0.15) is 13.2 Å². The van der Waals surface area contributed by atoms with Crippen LogP contribution in [0.1, 0.15) is 43.7 Å². The largest absolute Gasteiger partial charge is 0.497 e. The first-order valence-corrected chi connectivity index (χ1v) is 13.4. The first-order chi connectivity index (χ1) is 19.5. The Morgan fingerprint density at radius 3 is 2.51 bits per heavy atom. The highest BCUT2D eigenvalue weighted by atomic mass is 32.1. The average Bonchev–Trinajstić information content (AvgIpc) is 3.51. The summed E-state index contributed by atoms with van der Waals surface area (Å²) in [5.41, 5.74) is 0.385. The maximum Gasteiger partial charge on any atom is 0.416 e. The molecular formula is C30H25F3N2O5S. The third-order valence-electron chi connectivity index (χ3n) is 6.39. The van der Waals surface area contributed by atoms with Crippen LogP contribution in [0.5, 0.6) is 5.75 Å². The van der Waals surface area contributed by atoms with Gasteiger partial charge in [-0.05, 0) is 62.7 Å². The van der Waals surface area contributed by atoms with E-state index in [1.165, 1.54) is 22.8 Å². The highest BCUT2D eigenvalue weighted by Crippen LogP contribution is 2.34. The number of nitrogens with zero attached hydrogens (tertiary/aromatic N) is 2. The van der Waals surface area contributed by atoms with Gasteiger partial charge in [-0.25, -0.2) is 9.79 Å². The summed E-state index contributed by atoms with van der Waals surface area (Å²) in [5, 5.41) is 0. The second-order valence-corrected chi connectivity index (χ2v) is 10.6. The smallest absolute Gasteiger partial charge is 0.416 e. The topological polar surface area (TPSA) is 83.0 Å². The molecule has 0 bridgehead atoms. The Morgan fingerprint density at radius 1 is 1.12 bits per heavy atom. The lowest BCUT2D eigenvalue weighted by Crippen LogP contribution is -2.40. The minimum Gasteiger partial charge on any atom is -0.497 e. The number of rotatable bonds is 6. The Hall–Kier alpha value is -4.38. The maximum atomic E-state index is 13.8. The fourth-order valence-corrected chi connectivity index (χ4v) is 5.55. The van der Waals surface area contributed by atoms with E-state index < -0.39 is 29.3 Å². The summed E-state index contributed by atoms with van der Waals surface area (Å²) in [6.45, 7) is 5.17. The molecule has 0 amide bonds. The summed E-state index contributed by atoms with van der Waals surface area (Å²) in [5.74, 6) is 0.537. The number of aromatic nitrogens is 1. The predicted octanol–water partition coefficient (Wildman–Crippen LogP) is 5.47. The van der Waals surface area contributed by atoms with Gasteiger partial charge < -0.3 is 13.9 Å². The fraction of sp³-hybridized carbons (Fsp3) is 0.233. The molecule has 0 fully saturated rings. The van der Waals surface area contributed by atoms with Gasteiger partial charge in [0.05, 0.1) is 40.6 Å². The van der Waals surface area contributed by atoms with E-state index in [9.17, 15) is 22.8 Å². The third-order valence-corrected chi connectivity index (χ3v) is 7.37. The molecular weight excluding hydrogens is 557 g/mol. The van der Waals surface area contributed by atoms with Crippen LogP contribution in [-0.2, 0) is 15.7 Å². The number of benzene rings is 2. The van der Waals surface area contributed by atoms with Gasteiger partial charge in [0.25, 0.3) is 5.56 Å². The SMILES string of the molecule is COc1ccc(C2C(C(=O)OC(C)C)=C(C)N=c3s/c(=C\c4ccc(-c5cccc(C(F)(F)F)c5)o4)c(=O)n32)cc1. The minimum absolute atomic E-state index is 0.223.